The van der Waals surface area contributed by atoms with Gasteiger partial charge in [0.05, 0.1) is 11.8 Å². The lowest BCUT2D eigenvalue weighted by Crippen LogP contribution is -2.35. The van der Waals surface area contributed by atoms with Crippen molar-refractivity contribution >= 4 is 0 Å². The number of aliphatic hydroxyl groups is 1. The predicted octanol–water partition coefficient (Wildman–Crippen LogP) is 3.56. The fourth-order valence-electron chi connectivity index (χ4n) is 4.62. The molecule has 0 fully saturated rings. The number of ether oxygens (including phenoxy) is 3. The van der Waals surface area contributed by atoms with Gasteiger partial charge < -0.3 is 19.3 Å². The van der Waals surface area contributed by atoms with Crippen LogP contribution in [0.15, 0.2) is 77.7 Å². The molecule has 0 spiro atoms. The molecule has 2 aromatic carbocycles. The largest absolute Gasteiger partial charge is 0.478 e. The molecule has 8 nitrogen and oxygen atoms in total. The summed E-state index contributed by atoms with van der Waals surface area (Å²) in [5, 5.41) is 10.4. The summed E-state index contributed by atoms with van der Waals surface area (Å²) in [4.78, 5) is 21.0. The zero-order valence-corrected chi connectivity index (χ0v) is 20.5. The van der Waals surface area contributed by atoms with Crippen LogP contribution in [0.2, 0.25) is 0 Å². The Morgan fingerprint density at radius 1 is 1.13 bits per heavy atom. The Morgan fingerprint density at radius 2 is 2.03 bits per heavy atom. The van der Waals surface area contributed by atoms with Crippen LogP contribution in [0.3, 0.4) is 0 Å². The van der Waals surface area contributed by atoms with Crippen molar-refractivity contribution in [3.63, 3.8) is 0 Å². The molecule has 4 aromatic rings. The van der Waals surface area contributed by atoms with E-state index in [1.165, 1.54) is 0 Å². The van der Waals surface area contributed by atoms with Crippen LogP contribution < -0.4 is 19.9 Å². The van der Waals surface area contributed by atoms with Crippen molar-refractivity contribution < 1.29 is 19.3 Å². The molecule has 0 aliphatic carbocycles. The zero-order chi connectivity index (χ0) is 25.9. The molecule has 2 aliphatic heterocycles. The number of aliphatic hydroxyl groups excluding tert-OH is 1. The van der Waals surface area contributed by atoms with E-state index in [1.54, 1.807) is 29.0 Å². The van der Waals surface area contributed by atoms with Crippen molar-refractivity contribution in [3.05, 3.63) is 100 Å². The first-order chi connectivity index (χ1) is 18.6. The smallest absolute Gasteiger partial charge is 0.351 e. The molecule has 38 heavy (non-hydrogen) atoms. The molecule has 2 atom stereocenters. The van der Waals surface area contributed by atoms with Gasteiger partial charge in [0.2, 0.25) is 5.88 Å². The molecular formula is C30H25N3O5. The minimum Gasteiger partial charge on any atom is -0.478 e. The average molecular weight is 508 g/mol. The van der Waals surface area contributed by atoms with Crippen molar-refractivity contribution in [2.24, 2.45) is 0 Å². The molecule has 1 N–H and O–H groups in total. The highest BCUT2D eigenvalue weighted by atomic mass is 16.6. The molecule has 0 bridgehead atoms. The second-order valence-electron chi connectivity index (χ2n) is 9.14. The summed E-state index contributed by atoms with van der Waals surface area (Å²) < 4.78 is 19.0. The highest BCUT2D eigenvalue weighted by Gasteiger charge is 2.24. The Bertz CT molecular complexity index is 1590. The standard InChI is InChI=1S/C30H25N3O5/c34-26(21-7-2-1-3-8-21)9-4-6-20-11-12-24-22(16-20)13-15-33-25(24)17-28(32-30(33)35)36-18-23-19-37-29-27(38-23)10-5-14-31-29/h1-3,5,7-8,10-12,14,16-17,23,26,34H,9,13,15,18-19H2. The van der Waals surface area contributed by atoms with Crippen molar-refractivity contribution in [1.29, 1.82) is 0 Å². The van der Waals surface area contributed by atoms with Gasteiger partial charge in [0.25, 0.3) is 5.88 Å². The molecule has 2 aliphatic rings. The number of pyridine rings is 1. The first kappa shape index (κ1) is 23.8. The van der Waals surface area contributed by atoms with Crippen molar-refractivity contribution in [3.8, 4) is 40.6 Å². The van der Waals surface area contributed by atoms with Gasteiger partial charge in [-0.25, -0.2) is 9.78 Å². The Hall–Kier alpha value is -4.61. The maximum absolute atomic E-state index is 12.8. The predicted molar refractivity (Wildman–Crippen MR) is 140 cm³/mol. The summed E-state index contributed by atoms with van der Waals surface area (Å²) in [6.45, 7) is 1.00. The minimum absolute atomic E-state index is 0.181. The van der Waals surface area contributed by atoms with Gasteiger partial charge in [-0.1, -0.05) is 48.2 Å². The molecule has 2 unspecified atom stereocenters. The fraction of sp³-hybridized carbons (Fsp3) is 0.233. The van der Waals surface area contributed by atoms with Gasteiger partial charge in [-0.05, 0) is 41.8 Å². The molecule has 4 heterocycles. The van der Waals surface area contributed by atoms with E-state index in [4.69, 9.17) is 14.2 Å². The fourth-order valence-corrected chi connectivity index (χ4v) is 4.62. The second kappa shape index (κ2) is 10.4. The molecule has 0 saturated heterocycles. The van der Waals surface area contributed by atoms with E-state index in [0.29, 0.717) is 37.6 Å². The lowest BCUT2D eigenvalue weighted by atomic mass is 9.95. The number of rotatable bonds is 5. The van der Waals surface area contributed by atoms with Crippen molar-refractivity contribution in [2.45, 2.75) is 31.6 Å². The normalized spacial score (nSPS) is 15.9. The number of nitrogens with zero attached hydrogens (tertiary/aromatic N) is 3. The van der Waals surface area contributed by atoms with Crippen LogP contribution in [0.1, 0.15) is 29.2 Å². The van der Waals surface area contributed by atoms with Crippen LogP contribution in [0.5, 0.6) is 17.5 Å². The quantitative estimate of drug-likeness (QED) is 0.413. The number of aryl methyl sites for hydroxylation is 1. The number of hydrogen-bond acceptors (Lipinski definition) is 7. The van der Waals surface area contributed by atoms with Crippen LogP contribution in [-0.2, 0) is 13.0 Å². The summed E-state index contributed by atoms with van der Waals surface area (Å²) in [6.07, 6.45) is 1.73. The number of aromatic nitrogens is 3. The Kier molecular flexibility index (Phi) is 6.51. The van der Waals surface area contributed by atoms with Crippen LogP contribution in [0.25, 0.3) is 11.3 Å². The van der Waals surface area contributed by atoms with E-state index in [-0.39, 0.29) is 24.3 Å². The third kappa shape index (κ3) is 4.97. The first-order valence-electron chi connectivity index (χ1n) is 12.5. The van der Waals surface area contributed by atoms with Gasteiger partial charge in [0.15, 0.2) is 11.9 Å². The third-order valence-electron chi connectivity index (χ3n) is 6.54. The van der Waals surface area contributed by atoms with Gasteiger partial charge in [0.1, 0.15) is 13.2 Å². The van der Waals surface area contributed by atoms with Gasteiger partial charge in [-0.2, -0.15) is 4.98 Å². The molecule has 0 radical (unpaired) electrons. The maximum Gasteiger partial charge on any atom is 0.351 e. The SMILES string of the molecule is O=c1nc(OCC2COc3ncccc3O2)cc2n1CCc1cc(C#CCC(O)c3ccccc3)ccc1-2. The van der Waals surface area contributed by atoms with Crippen LogP contribution in [0.4, 0.5) is 0 Å². The number of hydrogen-bond donors (Lipinski definition) is 1. The summed E-state index contributed by atoms with van der Waals surface area (Å²) in [5.74, 6) is 7.51. The van der Waals surface area contributed by atoms with E-state index in [0.717, 1.165) is 27.9 Å². The van der Waals surface area contributed by atoms with E-state index < -0.39 is 6.10 Å². The third-order valence-corrected chi connectivity index (χ3v) is 6.54. The molecule has 190 valence electrons. The lowest BCUT2D eigenvalue weighted by molar-refractivity contribution is 0.0486. The van der Waals surface area contributed by atoms with E-state index in [9.17, 15) is 9.90 Å². The molecule has 0 amide bonds. The van der Waals surface area contributed by atoms with Gasteiger partial charge in [-0.3, -0.25) is 4.57 Å². The zero-order valence-electron chi connectivity index (χ0n) is 20.5. The minimum atomic E-state index is -0.622. The van der Waals surface area contributed by atoms with Gasteiger partial charge in [0, 0.05) is 36.4 Å². The number of benzene rings is 2. The Morgan fingerprint density at radius 3 is 2.92 bits per heavy atom. The number of fused-ring (bicyclic) bond motifs is 4. The van der Waals surface area contributed by atoms with E-state index in [1.807, 2.05) is 48.5 Å². The van der Waals surface area contributed by atoms with Crippen LogP contribution in [0, 0.1) is 11.8 Å². The van der Waals surface area contributed by atoms with Crippen LogP contribution in [-0.4, -0.2) is 39.0 Å². The molecule has 6 rings (SSSR count). The molecule has 8 heteroatoms. The Labute approximate surface area is 219 Å². The summed E-state index contributed by atoms with van der Waals surface area (Å²) in [7, 11) is 0. The molecule has 0 saturated carbocycles. The topological polar surface area (TPSA) is 95.7 Å². The van der Waals surface area contributed by atoms with Crippen LogP contribution >= 0.6 is 0 Å². The van der Waals surface area contributed by atoms with Gasteiger partial charge in [-0.15, -0.1) is 0 Å². The summed E-state index contributed by atoms with van der Waals surface area (Å²) >= 11 is 0. The summed E-state index contributed by atoms with van der Waals surface area (Å²) in [5.41, 5.74) is 4.19. The molecule has 2 aromatic heterocycles. The highest BCUT2D eigenvalue weighted by molar-refractivity contribution is 5.68. The van der Waals surface area contributed by atoms with Gasteiger partial charge >= 0.3 is 5.69 Å². The average Bonchev–Trinajstić information content (AvgIpc) is 2.96. The lowest BCUT2D eigenvalue weighted by Gasteiger charge is -2.25. The van der Waals surface area contributed by atoms with Crippen molar-refractivity contribution in [1.82, 2.24) is 14.5 Å². The summed E-state index contributed by atoms with van der Waals surface area (Å²) in [6, 6.07) is 20.8. The molecular weight excluding hydrogens is 482 g/mol. The van der Waals surface area contributed by atoms with E-state index in [2.05, 4.69) is 21.8 Å². The Balaban J connectivity index is 1.16. The second-order valence-corrected chi connectivity index (χ2v) is 9.14. The monoisotopic (exact) mass is 507 g/mol. The van der Waals surface area contributed by atoms with Crippen molar-refractivity contribution in [2.75, 3.05) is 13.2 Å². The maximum atomic E-state index is 12.8. The van der Waals surface area contributed by atoms with E-state index >= 15 is 0 Å². The highest BCUT2D eigenvalue weighted by Crippen LogP contribution is 2.31. The first-order valence-corrected chi connectivity index (χ1v) is 12.5.